The number of ether oxygens (including phenoxy) is 1. The summed E-state index contributed by atoms with van der Waals surface area (Å²) < 4.78 is 6.53. The zero-order valence-electron chi connectivity index (χ0n) is 10.5. The molecule has 0 aliphatic carbocycles. The van der Waals surface area contributed by atoms with E-state index in [1.54, 1.807) is 19.2 Å². The van der Waals surface area contributed by atoms with Gasteiger partial charge in [-0.25, -0.2) is 9.89 Å². The van der Waals surface area contributed by atoms with Gasteiger partial charge in [-0.15, -0.1) is 5.10 Å². The minimum Gasteiger partial charge on any atom is -0.495 e. The molecular weight excluding hydrogens is 264 g/mol. The Morgan fingerprint density at radius 2 is 2.37 bits per heavy atom. The van der Waals surface area contributed by atoms with E-state index >= 15 is 0 Å². The van der Waals surface area contributed by atoms with Crippen molar-refractivity contribution in [2.24, 2.45) is 7.05 Å². The molecule has 19 heavy (non-hydrogen) atoms. The summed E-state index contributed by atoms with van der Waals surface area (Å²) in [5.41, 5.74) is 1.23. The summed E-state index contributed by atoms with van der Waals surface area (Å²) in [6.07, 6.45) is 0. The highest BCUT2D eigenvalue weighted by atomic mass is 32.2. The molecule has 6 nitrogen and oxygen atoms in total. The largest absolute Gasteiger partial charge is 0.495 e. The van der Waals surface area contributed by atoms with Gasteiger partial charge in [0, 0.05) is 12.8 Å². The first-order valence-corrected chi connectivity index (χ1v) is 6.45. The lowest BCUT2D eigenvalue weighted by Gasteiger charge is -2.05. The molecule has 98 valence electrons. The third-order valence-electron chi connectivity index (χ3n) is 2.59. The molecule has 1 aromatic heterocycles. The number of benzene rings is 1. The van der Waals surface area contributed by atoms with Gasteiger partial charge in [0.1, 0.15) is 11.8 Å². The number of nitrogens with zero attached hydrogens (tertiary/aromatic N) is 3. The minimum atomic E-state index is -0.241. The summed E-state index contributed by atoms with van der Waals surface area (Å²) in [5.74, 6) is 1.18. The van der Waals surface area contributed by atoms with Crippen LogP contribution in [0.5, 0.6) is 5.75 Å². The highest BCUT2D eigenvalue weighted by Gasteiger charge is 2.07. The minimum absolute atomic E-state index is 0.241. The summed E-state index contributed by atoms with van der Waals surface area (Å²) >= 11 is 1.42. The van der Waals surface area contributed by atoms with E-state index in [9.17, 15) is 4.79 Å². The number of thioether (sulfide) groups is 1. The van der Waals surface area contributed by atoms with Gasteiger partial charge in [0.25, 0.3) is 0 Å². The van der Waals surface area contributed by atoms with E-state index in [1.165, 1.54) is 23.4 Å². The van der Waals surface area contributed by atoms with E-state index in [0.717, 1.165) is 5.56 Å². The molecular formula is C12H12N4O2S. The summed E-state index contributed by atoms with van der Waals surface area (Å²) in [7, 11) is 3.19. The Hall–Kier alpha value is -2.20. The number of aromatic nitrogens is 3. The fourth-order valence-electron chi connectivity index (χ4n) is 1.54. The second kappa shape index (κ2) is 5.63. The van der Waals surface area contributed by atoms with Gasteiger partial charge in [-0.05, 0) is 17.7 Å². The van der Waals surface area contributed by atoms with Gasteiger partial charge in [0.2, 0.25) is 0 Å². The first-order chi connectivity index (χ1) is 9.15. The number of hydrogen-bond donors (Lipinski definition) is 1. The van der Waals surface area contributed by atoms with Crippen molar-refractivity contribution in [2.45, 2.75) is 10.9 Å². The van der Waals surface area contributed by atoms with Gasteiger partial charge < -0.3 is 4.74 Å². The van der Waals surface area contributed by atoms with Crippen molar-refractivity contribution >= 4 is 11.8 Å². The lowest BCUT2D eigenvalue weighted by atomic mass is 10.1. The Bertz CT molecular complexity index is 684. The smallest absolute Gasteiger partial charge is 0.343 e. The quantitative estimate of drug-likeness (QED) is 0.850. The molecule has 0 spiro atoms. The lowest BCUT2D eigenvalue weighted by Crippen LogP contribution is -2.12. The standard InChI is InChI=1S/C12H12N4O2S/c1-16-11(17)14-15-12(16)19-7-8-3-4-10(18-2)9(5-8)6-13/h3-5H,7H2,1-2H3,(H,14,17). The van der Waals surface area contributed by atoms with Crippen LogP contribution in [0.4, 0.5) is 0 Å². The molecule has 0 atom stereocenters. The van der Waals surface area contributed by atoms with Crippen LogP contribution in [0.2, 0.25) is 0 Å². The molecule has 1 heterocycles. The molecule has 0 aliphatic rings. The maximum Gasteiger partial charge on any atom is 0.343 e. The van der Waals surface area contributed by atoms with Crippen LogP contribution in [0.25, 0.3) is 0 Å². The Balaban J connectivity index is 2.14. The second-order valence-electron chi connectivity index (χ2n) is 3.81. The molecule has 0 amide bonds. The first-order valence-electron chi connectivity index (χ1n) is 5.47. The fraction of sp³-hybridized carbons (Fsp3) is 0.250. The molecule has 2 rings (SSSR count). The summed E-state index contributed by atoms with van der Waals surface area (Å²) in [4.78, 5) is 11.2. The molecule has 0 aliphatic heterocycles. The highest BCUT2D eigenvalue weighted by molar-refractivity contribution is 7.98. The Morgan fingerprint density at radius 1 is 1.58 bits per heavy atom. The number of hydrogen-bond acceptors (Lipinski definition) is 5. The van der Waals surface area contributed by atoms with Crippen molar-refractivity contribution < 1.29 is 4.74 Å². The third-order valence-corrected chi connectivity index (χ3v) is 3.69. The van der Waals surface area contributed by atoms with Crippen LogP contribution in [0.3, 0.4) is 0 Å². The van der Waals surface area contributed by atoms with E-state index in [2.05, 4.69) is 16.3 Å². The van der Waals surface area contributed by atoms with E-state index in [0.29, 0.717) is 22.2 Å². The fourth-order valence-corrected chi connectivity index (χ4v) is 2.40. The molecule has 0 fully saturated rings. The van der Waals surface area contributed by atoms with Crippen LogP contribution in [0, 0.1) is 11.3 Å². The lowest BCUT2D eigenvalue weighted by molar-refractivity contribution is 0.413. The normalized spacial score (nSPS) is 10.2. The van der Waals surface area contributed by atoms with Crippen LogP contribution >= 0.6 is 11.8 Å². The Kier molecular flexibility index (Phi) is 3.92. The van der Waals surface area contributed by atoms with E-state index in [1.807, 2.05) is 6.07 Å². The second-order valence-corrected chi connectivity index (χ2v) is 4.75. The summed E-state index contributed by atoms with van der Waals surface area (Å²) in [5, 5.41) is 15.9. The topological polar surface area (TPSA) is 83.7 Å². The Morgan fingerprint density at radius 3 is 2.95 bits per heavy atom. The van der Waals surface area contributed by atoms with Gasteiger partial charge in [-0.1, -0.05) is 17.8 Å². The molecule has 0 unspecified atom stereocenters. The third kappa shape index (κ3) is 2.80. The molecule has 7 heteroatoms. The van der Waals surface area contributed by atoms with Crippen LogP contribution < -0.4 is 10.4 Å². The number of rotatable bonds is 4. The first kappa shape index (κ1) is 13.2. The van der Waals surface area contributed by atoms with E-state index < -0.39 is 0 Å². The van der Waals surface area contributed by atoms with Gasteiger partial charge in [0.05, 0.1) is 12.7 Å². The van der Waals surface area contributed by atoms with Crippen LogP contribution in [-0.4, -0.2) is 21.9 Å². The van der Waals surface area contributed by atoms with Crippen molar-refractivity contribution in [2.75, 3.05) is 7.11 Å². The molecule has 0 bridgehead atoms. The predicted molar refractivity (Wildman–Crippen MR) is 71.1 cm³/mol. The van der Waals surface area contributed by atoms with Crippen LogP contribution in [-0.2, 0) is 12.8 Å². The average Bonchev–Trinajstić information content (AvgIpc) is 2.76. The predicted octanol–water partition coefficient (Wildman–Crippen LogP) is 1.28. The molecule has 2 aromatic rings. The number of aromatic amines is 1. The van der Waals surface area contributed by atoms with Gasteiger partial charge in [0.15, 0.2) is 5.16 Å². The van der Waals surface area contributed by atoms with E-state index in [-0.39, 0.29) is 5.69 Å². The molecule has 0 saturated heterocycles. The van der Waals surface area contributed by atoms with Gasteiger partial charge in [-0.2, -0.15) is 5.26 Å². The summed E-state index contributed by atoms with van der Waals surface area (Å²) in [6.45, 7) is 0. The maximum absolute atomic E-state index is 11.2. The van der Waals surface area contributed by atoms with Gasteiger partial charge >= 0.3 is 5.69 Å². The zero-order valence-corrected chi connectivity index (χ0v) is 11.3. The number of nitriles is 1. The number of H-pyrrole nitrogens is 1. The van der Waals surface area contributed by atoms with Crippen molar-refractivity contribution in [3.63, 3.8) is 0 Å². The van der Waals surface area contributed by atoms with Crippen molar-refractivity contribution in [3.05, 3.63) is 39.8 Å². The SMILES string of the molecule is COc1ccc(CSc2n[nH]c(=O)n2C)cc1C#N. The van der Waals surface area contributed by atoms with Crippen molar-refractivity contribution in [3.8, 4) is 11.8 Å². The van der Waals surface area contributed by atoms with Crippen LogP contribution in [0.15, 0.2) is 28.2 Å². The molecule has 0 saturated carbocycles. The van der Waals surface area contributed by atoms with Crippen molar-refractivity contribution in [1.29, 1.82) is 5.26 Å². The summed E-state index contributed by atoms with van der Waals surface area (Å²) in [6, 6.07) is 7.51. The number of methoxy groups -OCH3 is 1. The van der Waals surface area contributed by atoms with Gasteiger partial charge in [-0.3, -0.25) is 4.57 Å². The zero-order chi connectivity index (χ0) is 13.8. The highest BCUT2D eigenvalue weighted by Crippen LogP contribution is 2.24. The van der Waals surface area contributed by atoms with Crippen molar-refractivity contribution in [1.82, 2.24) is 14.8 Å². The average molecular weight is 276 g/mol. The monoisotopic (exact) mass is 276 g/mol. The van der Waals surface area contributed by atoms with E-state index in [4.69, 9.17) is 10.00 Å². The Labute approximate surface area is 114 Å². The van der Waals surface area contributed by atoms with Crippen LogP contribution in [0.1, 0.15) is 11.1 Å². The number of nitrogens with one attached hydrogen (secondary N) is 1. The molecule has 0 radical (unpaired) electrons. The molecule has 1 aromatic carbocycles. The molecule has 1 N–H and O–H groups in total. The maximum atomic E-state index is 11.2.